The summed E-state index contributed by atoms with van der Waals surface area (Å²) >= 11 is 5.45. The maximum atomic E-state index is 12.5. The molecule has 9 heteroatoms. The quantitative estimate of drug-likeness (QED) is 0.820. The molecule has 4 nitrogen and oxygen atoms in total. The van der Waals surface area contributed by atoms with Gasteiger partial charge < -0.3 is 0 Å². The zero-order valence-corrected chi connectivity index (χ0v) is 13.7. The zero-order valence-electron chi connectivity index (χ0n) is 12.1. The Balaban J connectivity index is 2.08. The lowest BCUT2D eigenvalue weighted by molar-refractivity contribution is -0.137. The lowest BCUT2D eigenvalue weighted by Gasteiger charge is -2.33. The normalized spacial score (nSPS) is 18.6. The molecule has 0 radical (unpaired) electrons. The van der Waals surface area contributed by atoms with Gasteiger partial charge in [0.15, 0.2) is 0 Å². The van der Waals surface area contributed by atoms with E-state index in [1.54, 1.807) is 6.08 Å². The highest BCUT2D eigenvalue weighted by Crippen LogP contribution is 2.30. The molecule has 1 aliphatic rings. The number of rotatable bonds is 4. The number of hydrogen-bond donors (Lipinski definition) is 0. The van der Waals surface area contributed by atoms with Gasteiger partial charge in [-0.2, -0.15) is 17.5 Å². The molecular formula is C14H16ClF3N2O2S. The van der Waals surface area contributed by atoms with E-state index in [9.17, 15) is 21.6 Å². The van der Waals surface area contributed by atoms with Gasteiger partial charge in [0.1, 0.15) is 0 Å². The molecule has 1 aromatic carbocycles. The molecule has 0 unspecified atom stereocenters. The van der Waals surface area contributed by atoms with Gasteiger partial charge in [0.05, 0.1) is 10.5 Å². The van der Waals surface area contributed by atoms with Crippen LogP contribution in [0.2, 0.25) is 0 Å². The van der Waals surface area contributed by atoms with E-state index in [2.05, 4.69) is 0 Å². The van der Waals surface area contributed by atoms with Gasteiger partial charge in [-0.25, -0.2) is 8.42 Å². The van der Waals surface area contributed by atoms with Gasteiger partial charge in [0.25, 0.3) is 0 Å². The molecule has 1 aromatic rings. The number of sulfonamides is 1. The Morgan fingerprint density at radius 1 is 1.09 bits per heavy atom. The Morgan fingerprint density at radius 2 is 1.65 bits per heavy atom. The lowest BCUT2D eigenvalue weighted by atomic mass is 10.2. The highest BCUT2D eigenvalue weighted by molar-refractivity contribution is 7.89. The number of nitrogens with zero attached hydrogens (tertiary/aromatic N) is 2. The molecule has 0 bridgehead atoms. The molecular weight excluding hydrogens is 353 g/mol. The summed E-state index contributed by atoms with van der Waals surface area (Å²) in [5.74, 6) is 0. The zero-order chi connectivity index (χ0) is 17.1. The maximum absolute atomic E-state index is 12.5. The Bertz CT molecular complexity index is 652. The molecule has 0 amide bonds. The van der Waals surface area contributed by atoms with Crippen molar-refractivity contribution >= 4 is 21.6 Å². The molecule has 0 aliphatic carbocycles. The van der Waals surface area contributed by atoms with E-state index in [0.717, 1.165) is 24.3 Å². The maximum Gasteiger partial charge on any atom is 0.416 e. The number of alkyl halides is 3. The van der Waals surface area contributed by atoms with Crippen molar-refractivity contribution in [2.75, 3.05) is 32.7 Å². The number of benzene rings is 1. The molecule has 1 heterocycles. The summed E-state index contributed by atoms with van der Waals surface area (Å²) in [6.07, 6.45) is -2.72. The van der Waals surface area contributed by atoms with Gasteiger partial charge in [0.2, 0.25) is 10.0 Å². The first-order valence-electron chi connectivity index (χ1n) is 6.90. The minimum absolute atomic E-state index is 0.125. The second-order valence-corrected chi connectivity index (χ2v) is 7.28. The van der Waals surface area contributed by atoms with Crippen LogP contribution in [0.3, 0.4) is 0 Å². The summed E-state index contributed by atoms with van der Waals surface area (Å²) in [4.78, 5) is 1.91. The highest BCUT2D eigenvalue weighted by atomic mass is 35.5. The first-order valence-corrected chi connectivity index (χ1v) is 8.78. The number of piperazine rings is 1. The van der Waals surface area contributed by atoms with Crippen molar-refractivity contribution in [2.24, 2.45) is 0 Å². The van der Waals surface area contributed by atoms with Crippen molar-refractivity contribution in [2.45, 2.75) is 11.1 Å². The van der Waals surface area contributed by atoms with Crippen LogP contribution in [0.5, 0.6) is 0 Å². The van der Waals surface area contributed by atoms with E-state index in [4.69, 9.17) is 11.6 Å². The minimum Gasteiger partial charge on any atom is -0.297 e. The van der Waals surface area contributed by atoms with Crippen LogP contribution >= 0.6 is 11.6 Å². The highest BCUT2D eigenvalue weighted by Gasteiger charge is 2.32. The summed E-state index contributed by atoms with van der Waals surface area (Å²) in [7, 11) is -3.77. The second kappa shape index (κ2) is 7.21. The smallest absolute Gasteiger partial charge is 0.297 e. The van der Waals surface area contributed by atoms with Crippen molar-refractivity contribution in [1.82, 2.24) is 9.21 Å². The fraction of sp³-hybridized carbons (Fsp3) is 0.429. The van der Waals surface area contributed by atoms with Gasteiger partial charge in [-0.15, -0.1) is 0 Å². The molecule has 23 heavy (non-hydrogen) atoms. The van der Waals surface area contributed by atoms with Crippen LogP contribution in [0.15, 0.2) is 40.8 Å². The first kappa shape index (κ1) is 18.3. The second-order valence-electron chi connectivity index (χ2n) is 5.09. The van der Waals surface area contributed by atoms with Crippen molar-refractivity contribution in [3.63, 3.8) is 0 Å². The van der Waals surface area contributed by atoms with E-state index in [0.29, 0.717) is 32.7 Å². The molecule has 1 saturated heterocycles. The molecule has 0 spiro atoms. The van der Waals surface area contributed by atoms with Gasteiger partial charge in [-0.05, 0) is 24.3 Å². The largest absolute Gasteiger partial charge is 0.416 e. The fourth-order valence-corrected chi connectivity index (χ4v) is 3.81. The fourth-order valence-electron chi connectivity index (χ4n) is 2.31. The molecule has 128 valence electrons. The van der Waals surface area contributed by atoms with Gasteiger partial charge in [-0.1, -0.05) is 17.7 Å². The molecule has 0 atom stereocenters. The van der Waals surface area contributed by atoms with Crippen LogP contribution in [0, 0.1) is 0 Å². The van der Waals surface area contributed by atoms with E-state index < -0.39 is 21.8 Å². The summed E-state index contributed by atoms with van der Waals surface area (Å²) in [5.41, 5.74) is 0.542. The van der Waals surface area contributed by atoms with Crippen LogP contribution < -0.4 is 0 Å². The van der Waals surface area contributed by atoms with Crippen LogP contribution in [-0.2, 0) is 16.2 Å². The minimum atomic E-state index is -4.48. The first-order chi connectivity index (χ1) is 10.7. The molecule has 0 saturated carbocycles. The lowest BCUT2D eigenvalue weighted by Crippen LogP contribution is -2.48. The average Bonchev–Trinajstić information content (AvgIpc) is 2.52. The summed E-state index contributed by atoms with van der Waals surface area (Å²) in [5, 5.41) is 0. The van der Waals surface area contributed by atoms with E-state index >= 15 is 0 Å². The molecule has 1 aliphatic heterocycles. The van der Waals surface area contributed by atoms with Gasteiger partial charge in [-0.3, -0.25) is 4.90 Å². The molecule has 0 N–H and O–H groups in total. The summed E-state index contributed by atoms with van der Waals surface area (Å²) in [6.45, 7) is 2.30. The Labute approximate surface area is 138 Å². The Morgan fingerprint density at radius 3 is 2.13 bits per heavy atom. The Kier molecular flexibility index (Phi) is 5.72. The predicted molar refractivity (Wildman–Crippen MR) is 81.6 cm³/mol. The van der Waals surface area contributed by atoms with E-state index in [1.165, 1.54) is 9.84 Å². The number of halogens is 4. The third-order valence-electron chi connectivity index (χ3n) is 3.60. The van der Waals surface area contributed by atoms with E-state index in [-0.39, 0.29) is 4.90 Å². The van der Waals surface area contributed by atoms with Crippen LogP contribution in [-0.4, -0.2) is 50.3 Å². The third kappa shape index (κ3) is 4.47. The van der Waals surface area contributed by atoms with Crippen molar-refractivity contribution in [3.8, 4) is 0 Å². The molecule has 1 fully saturated rings. The standard InChI is InChI=1S/C14H16ClF3N2O2S/c15-6-1-7-19-8-10-20(11-9-19)23(21,22)13-4-2-12(3-5-13)14(16,17)18/h1-6H,7-11H2/b6-1+. The molecule has 0 aromatic heterocycles. The van der Waals surface area contributed by atoms with Gasteiger partial charge in [0, 0.05) is 38.3 Å². The van der Waals surface area contributed by atoms with Crippen LogP contribution in [0.4, 0.5) is 13.2 Å². The topological polar surface area (TPSA) is 40.6 Å². The third-order valence-corrected chi connectivity index (χ3v) is 5.69. The predicted octanol–water partition coefficient (Wildman–Crippen LogP) is 2.76. The molecule has 2 rings (SSSR count). The summed E-state index contributed by atoms with van der Waals surface area (Å²) in [6, 6.07) is 3.57. The van der Waals surface area contributed by atoms with Crippen LogP contribution in [0.25, 0.3) is 0 Å². The monoisotopic (exact) mass is 368 g/mol. The van der Waals surface area contributed by atoms with Crippen molar-refractivity contribution in [1.29, 1.82) is 0 Å². The summed E-state index contributed by atoms with van der Waals surface area (Å²) < 4.78 is 63.8. The van der Waals surface area contributed by atoms with Gasteiger partial charge >= 0.3 is 6.18 Å². The number of hydrogen-bond acceptors (Lipinski definition) is 3. The SMILES string of the molecule is O=S(=O)(c1ccc(C(F)(F)F)cc1)N1CCN(C/C=C/Cl)CC1. The van der Waals surface area contributed by atoms with Crippen molar-refractivity contribution in [3.05, 3.63) is 41.4 Å². The Hall–Kier alpha value is -1.09. The average molecular weight is 369 g/mol. The van der Waals surface area contributed by atoms with Crippen LogP contribution in [0.1, 0.15) is 5.56 Å². The van der Waals surface area contributed by atoms with Crippen molar-refractivity contribution < 1.29 is 21.6 Å². The van der Waals surface area contributed by atoms with E-state index in [1.807, 2.05) is 4.90 Å².